The lowest BCUT2D eigenvalue weighted by Gasteiger charge is -2.28. The maximum absolute atomic E-state index is 2.60. The van der Waals surface area contributed by atoms with Crippen LogP contribution in [0, 0.1) is 5.92 Å². The third-order valence-corrected chi connectivity index (χ3v) is 12.5. The molecule has 1 fully saturated rings. The molecule has 2 unspecified atom stereocenters. The van der Waals surface area contributed by atoms with Gasteiger partial charge in [-0.15, -0.1) is 0 Å². The molecule has 11 rings (SSSR count). The second-order valence-electron chi connectivity index (χ2n) is 15.5. The molecule has 8 aromatic carbocycles. The first-order valence-corrected chi connectivity index (χ1v) is 19.9. The standard InChI is InChI=1S/C56H40/c1-2-6-21-41(20-5-1)54-47-24-11-13-26-49(47)55(50-27-14-12-25-48(50)54)44-30-33-53-52(35-44)51(43-23-15-22-42(34-43)39-18-9-4-10-19-39)36-46-37-56(46,53)45-31-28-40(29-32-45)38-16-7-3-8-17-38/h1,3-36,46H,2,37H2. The molecule has 0 amide bonds. The van der Waals surface area contributed by atoms with Crippen molar-refractivity contribution < 1.29 is 0 Å². The Balaban J connectivity index is 1.12. The Morgan fingerprint density at radius 1 is 0.446 bits per heavy atom. The number of fused-ring (bicyclic) bond motifs is 5. The molecule has 8 aromatic rings. The van der Waals surface area contributed by atoms with E-state index in [1.54, 1.807) is 0 Å². The fourth-order valence-electron chi connectivity index (χ4n) is 9.72. The predicted molar refractivity (Wildman–Crippen MR) is 237 cm³/mol. The van der Waals surface area contributed by atoms with Crippen LogP contribution >= 0.6 is 0 Å². The van der Waals surface area contributed by atoms with Gasteiger partial charge in [0.15, 0.2) is 0 Å². The Labute approximate surface area is 329 Å². The molecule has 2 atom stereocenters. The van der Waals surface area contributed by atoms with Crippen LogP contribution in [0.25, 0.3) is 66.1 Å². The molecule has 1 saturated carbocycles. The second-order valence-corrected chi connectivity index (χ2v) is 15.5. The van der Waals surface area contributed by atoms with Crippen molar-refractivity contribution in [1.29, 1.82) is 0 Å². The number of hydrogen-bond acceptors (Lipinski definition) is 0. The smallest absolute Gasteiger partial charge is 0.0278 e. The van der Waals surface area contributed by atoms with Crippen LogP contribution in [0.5, 0.6) is 0 Å². The van der Waals surface area contributed by atoms with Crippen molar-refractivity contribution in [2.75, 3.05) is 0 Å². The highest BCUT2D eigenvalue weighted by Gasteiger charge is 2.58. The minimum absolute atomic E-state index is 0.0383. The third-order valence-electron chi connectivity index (χ3n) is 12.5. The van der Waals surface area contributed by atoms with E-state index in [-0.39, 0.29) is 5.41 Å². The molecule has 0 radical (unpaired) electrons. The average molecular weight is 713 g/mol. The molecule has 264 valence electrons. The normalized spacial score (nSPS) is 18.2. The molecular formula is C56H40. The Bertz CT molecular complexity index is 2880. The van der Waals surface area contributed by atoms with Gasteiger partial charge in [-0.2, -0.15) is 0 Å². The minimum Gasteiger partial charge on any atom is -0.0807 e. The molecule has 3 aliphatic rings. The van der Waals surface area contributed by atoms with Crippen LogP contribution in [0.4, 0.5) is 0 Å². The molecule has 0 bridgehead atoms. The fraction of sp³-hybridized carbons (Fsp3) is 0.0714. The van der Waals surface area contributed by atoms with Crippen LogP contribution in [0.1, 0.15) is 40.7 Å². The zero-order valence-corrected chi connectivity index (χ0v) is 31.2. The van der Waals surface area contributed by atoms with Crippen molar-refractivity contribution in [1.82, 2.24) is 0 Å². The number of allylic oxidation sites excluding steroid dienone is 7. The van der Waals surface area contributed by atoms with E-state index in [0.29, 0.717) is 5.92 Å². The van der Waals surface area contributed by atoms with Gasteiger partial charge in [-0.05, 0) is 125 Å². The zero-order valence-electron chi connectivity index (χ0n) is 31.2. The van der Waals surface area contributed by atoms with Gasteiger partial charge < -0.3 is 0 Å². The van der Waals surface area contributed by atoms with Crippen LogP contribution in [-0.2, 0) is 5.41 Å². The molecule has 56 heavy (non-hydrogen) atoms. The zero-order chi connectivity index (χ0) is 37.1. The fourth-order valence-corrected chi connectivity index (χ4v) is 9.72. The SMILES string of the molecule is C1=CCC=CC(c2c3ccccc3c(-c3ccc4c(c3)C(c3cccc(-c5ccccc5)c3)=CC3CC43c3ccc(-c4ccccc4)cc3)c3ccccc23)=C1. The Morgan fingerprint density at radius 3 is 1.71 bits per heavy atom. The van der Waals surface area contributed by atoms with Gasteiger partial charge in [0.25, 0.3) is 0 Å². The van der Waals surface area contributed by atoms with Gasteiger partial charge in [-0.1, -0.05) is 200 Å². The lowest BCUT2D eigenvalue weighted by molar-refractivity contribution is 0.778. The van der Waals surface area contributed by atoms with Gasteiger partial charge in [0.2, 0.25) is 0 Å². The van der Waals surface area contributed by atoms with Crippen LogP contribution in [0.15, 0.2) is 212 Å². The van der Waals surface area contributed by atoms with Crippen molar-refractivity contribution in [3.8, 4) is 33.4 Å². The van der Waals surface area contributed by atoms with E-state index >= 15 is 0 Å². The van der Waals surface area contributed by atoms with Crippen molar-refractivity contribution in [3.05, 3.63) is 240 Å². The van der Waals surface area contributed by atoms with E-state index in [1.165, 1.54) is 93.9 Å². The van der Waals surface area contributed by atoms with Crippen LogP contribution in [0.2, 0.25) is 0 Å². The van der Waals surface area contributed by atoms with Crippen molar-refractivity contribution in [2.45, 2.75) is 18.3 Å². The summed E-state index contributed by atoms with van der Waals surface area (Å²) in [6, 6.07) is 65.5. The van der Waals surface area contributed by atoms with Gasteiger partial charge in [0.1, 0.15) is 0 Å². The van der Waals surface area contributed by atoms with E-state index in [1.807, 2.05) is 0 Å². The van der Waals surface area contributed by atoms with Gasteiger partial charge in [0, 0.05) is 5.41 Å². The summed E-state index contributed by atoms with van der Waals surface area (Å²) in [4.78, 5) is 0. The van der Waals surface area contributed by atoms with Crippen molar-refractivity contribution in [2.24, 2.45) is 5.92 Å². The predicted octanol–water partition coefficient (Wildman–Crippen LogP) is 14.6. The van der Waals surface area contributed by atoms with Crippen LogP contribution in [0.3, 0.4) is 0 Å². The summed E-state index contributed by atoms with van der Waals surface area (Å²) < 4.78 is 0. The van der Waals surface area contributed by atoms with Gasteiger partial charge in [0.05, 0.1) is 0 Å². The maximum Gasteiger partial charge on any atom is 0.0278 e. The van der Waals surface area contributed by atoms with E-state index in [9.17, 15) is 0 Å². The lowest BCUT2D eigenvalue weighted by Crippen LogP contribution is -2.18. The molecule has 0 N–H and O–H groups in total. The van der Waals surface area contributed by atoms with Gasteiger partial charge in [-0.25, -0.2) is 0 Å². The summed E-state index contributed by atoms with van der Waals surface area (Å²) >= 11 is 0. The largest absolute Gasteiger partial charge is 0.0807 e. The summed E-state index contributed by atoms with van der Waals surface area (Å²) in [7, 11) is 0. The van der Waals surface area contributed by atoms with Gasteiger partial charge in [-0.3, -0.25) is 0 Å². The topological polar surface area (TPSA) is 0 Å². The summed E-state index contributed by atoms with van der Waals surface area (Å²) in [6.45, 7) is 0. The summed E-state index contributed by atoms with van der Waals surface area (Å²) in [5.74, 6) is 0.440. The molecule has 0 heteroatoms. The lowest BCUT2D eigenvalue weighted by atomic mass is 9.74. The molecule has 0 aliphatic heterocycles. The molecule has 0 heterocycles. The molecule has 0 saturated heterocycles. The average Bonchev–Trinajstić information content (AvgIpc) is 4.07. The van der Waals surface area contributed by atoms with Crippen molar-refractivity contribution >= 4 is 32.7 Å². The van der Waals surface area contributed by atoms with Crippen molar-refractivity contribution in [3.63, 3.8) is 0 Å². The van der Waals surface area contributed by atoms with E-state index in [0.717, 1.165) is 12.8 Å². The number of benzene rings is 8. The van der Waals surface area contributed by atoms with E-state index in [2.05, 4.69) is 212 Å². The Kier molecular flexibility index (Phi) is 7.71. The quantitative estimate of drug-likeness (QED) is 0.151. The first-order valence-electron chi connectivity index (χ1n) is 19.9. The Morgan fingerprint density at radius 2 is 1.02 bits per heavy atom. The monoisotopic (exact) mass is 712 g/mol. The van der Waals surface area contributed by atoms with Crippen LogP contribution in [-0.4, -0.2) is 0 Å². The van der Waals surface area contributed by atoms with Gasteiger partial charge >= 0.3 is 0 Å². The summed E-state index contributed by atoms with van der Waals surface area (Å²) in [6.07, 6.45) is 15.9. The highest BCUT2D eigenvalue weighted by molar-refractivity contribution is 6.19. The third kappa shape index (κ3) is 5.29. The molecule has 3 aliphatic carbocycles. The van der Waals surface area contributed by atoms with E-state index < -0.39 is 0 Å². The van der Waals surface area contributed by atoms with E-state index in [4.69, 9.17) is 0 Å². The molecule has 0 spiro atoms. The minimum atomic E-state index is -0.0383. The summed E-state index contributed by atoms with van der Waals surface area (Å²) in [5, 5.41) is 5.14. The maximum atomic E-state index is 2.60. The van der Waals surface area contributed by atoms with Crippen LogP contribution < -0.4 is 0 Å². The molecule has 0 aromatic heterocycles. The molecule has 0 nitrogen and oxygen atoms in total. The molecular weight excluding hydrogens is 673 g/mol. The second kappa shape index (κ2) is 13.2. The first-order chi connectivity index (χ1) is 27.8. The number of rotatable bonds is 6. The highest BCUT2D eigenvalue weighted by atomic mass is 14.6. The highest BCUT2D eigenvalue weighted by Crippen LogP contribution is 2.65. The summed E-state index contributed by atoms with van der Waals surface area (Å²) in [5.41, 5.74) is 16.9. The number of hydrogen-bond donors (Lipinski definition) is 0. The Hall–Kier alpha value is -6.76. The first kappa shape index (κ1) is 32.7.